The van der Waals surface area contributed by atoms with Crippen molar-refractivity contribution in [2.75, 3.05) is 5.43 Å². The van der Waals surface area contributed by atoms with Crippen molar-refractivity contribution in [3.63, 3.8) is 0 Å². The van der Waals surface area contributed by atoms with E-state index in [1.807, 2.05) is 0 Å². The Morgan fingerprint density at radius 2 is 1.65 bits per heavy atom. The predicted octanol–water partition coefficient (Wildman–Crippen LogP) is 1.53. The molecule has 0 aliphatic heterocycles. The minimum atomic E-state index is -4.12. The fraction of sp³-hybridized carbons (Fsp3) is 0. The Morgan fingerprint density at radius 1 is 1.04 bits per heavy atom. The Morgan fingerprint density at radius 3 is 2.22 bits per heavy atom. The molecule has 0 aliphatic rings. The first-order chi connectivity index (χ1) is 10.9. The van der Waals surface area contributed by atoms with Crippen molar-refractivity contribution >= 4 is 38.1 Å². The third kappa shape index (κ3) is 4.07. The SMILES string of the molecule is NNC(=O)/C(=N/Nc1ccc(Cl)cc1)S(=O)(=O)c1ccccc1. The molecular formula is C14H13ClN4O3S. The predicted molar refractivity (Wildman–Crippen MR) is 88.5 cm³/mol. The fourth-order valence-electron chi connectivity index (χ4n) is 1.65. The van der Waals surface area contributed by atoms with Crippen LogP contribution in [-0.2, 0) is 14.6 Å². The summed E-state index contributed by atoms with van der Waals surface area (Å²) in [5.41, 5.74) is 4.73. The molecule has 0 aliphatic carbocycles. The second kappa shape index (κ2) is 7.23. The zero-order chi connectivity index (χ0) is 16.9. The quantitative estimate of drug-likeness (QED) is 0.255. The van der Waals surface area contributed by atoms with Crippen molar-refractivity contribution < 1.29 is 13.2 Å². The number of benzene rings is 2. The molecule has 2 aromatic rings. The Bertz CT molecular complexity index is 821. The van der Waals surface area contributed by atoms with Crippen LogP contribution in [-0.4, -0.2) is 19.4 Å². The van der Waals surface area contributed by atoms with Crippen molar-refractivity contribution in [3.8, 4) is 0 Å². The van der Waals surface area contributed by atoms with Gasteiger partial charge < -0.3 is 0 Å². The van der Waals surface area contributed by atoms with Crippen LogP contribution in [0.25, 0.3) is 0 Å². The smallest absolute Gasteiger partial charge is 0.288 e. The van der Waals surface area contributed by atoms with Gasteiger partial charge in [0.15, 0.2) is 0 Å². The third-order valence-corrected chi connectivity index (χ3v) is 4.69. The van der Waals surface area contributed by atoms with Gasteiger partial charge in [0.1, 0.15) is 0 Å². The number of rotatable bonds is 3. The summed E-state index contributed by atoms with van der Waals surface area (Å²) in [6.45, 7) is 0. The summed E-state index contributed by atoms with van der Waals surface area (Å²) in [7, 11) is -4.12. The molecular weight excluding hydrogens is 340 g/mol. The van der Waals surface area contributed by atoms with Crippen LogP contribution >= 0.6 is 11.6 Å². The van der Waals surface area contributed by atoms with Gasteiger partial charge in [-0.25, -0.2) is 14.3 Å². The van der Waals surface area contributed by atoms with Crippen LogP contribution in [0.4, 0.5) is 5.69 Å². The van der Waals surface area contributed by atoms with E-state index in [1.165, 1.54) is 24.3 Å². The third-order valence-electron chi connectivity index (χ3n) is 2.76. The molecule has 0 aromatic heterocycles. The summed E-state index contributed by atoms with van der Waals surface area (Å²) in [5.74, 6) is 4.01. The van der Waals surface area contributed by atoms with E-state index in [0.717, 1.165) is 0 Å². The van der Waals surface area contributed by atoms with E-state index in [4.69, 9.17) is 17.4 Å². The van der Waals surface area contributed by atoms with Crippen LogP contribution in [0.15, 0.2) is 64.6 Å². The molecule has 2 rings (SSSR count). The molecule has 0 spiro atoms. The van der Waals surface area contributed by atoms with Crippen molar-refractivity contribution in [3.05, 3.63) is 59.6 Å². The number of nitrogens with two attached hydrogens (primary N) is 1. The summed E-state index contributed by atoms with van der Waals surface area (Å²) in [6, 6.07) is 13.8. The normalized spacial score (nSPS) is 11.8. The van der Waals surface area contributed by atoms with Gasteiger partial charge >= 0.3 is 0 Å². The van der Waals surface area contributed by atoms with Gasteiger partial charge in [0.05, 0.1) is 10.6 Å². The van der Waals surface area contributed by atoms with E-state index in [1.54, 1.807) is 35.8 Å². The van der Waals surface area contributed by atoms with Crippen molar-refractivity contribution in [1.82, 2.24) is 5.43 Å². The molecule has 0 unspecified atom stereocenters. The first-order valence-corrected chi connectivity index (χ1v) is 8.21. The van der Waals surface area contributed by atoms with Gasteiger partial charge in [0.2, 0.25) is 14.9 Å². The number of hydrogen-bond acceptors (Lipinski definition) is 6. The number of carbonyl (C=O) groups is 1. The van der Waals surface area contributed by atoms with Crippen LogP contribution in [0.1, 0.15) is 0 Å². The van der Waals surface area contributed by atoms with E-state index in [9.17, 15) is 13.2 Å². The topological polar surface area (TPSA) is 114 Å². The highest BCUT2D eigenvalue weighted by Crippen LogP contribution is 2.15. The molecule has 0 radical (unpaired) electrons. The molecule has 0 heterocycles. The minimum absolute atomic E-state index is 0.0692. The molecule has 0 fully saturated rings. The number of hydrazine groups is 1. The number of halogens is 1. The maximum Gasteiger partial charge on any atom is 0.297 e. The van der Waals surface area contributed by atoms with E-state index < -0.39 is 20.8 Å². The zero-order valence-corrected chi connectivity index (χ0v) is 13.3. The number of carbonyl (C=O) groups excluding carboxylic acids is 1. The second-order valence-corrected chi connectivity index (χ2v) is 6.63. The molecule has 1 amide bonds. The number of amides is 1. The van der Waals surface area contributed by atoms with Crippen LogP contribution in [0, 0.1) is 0 Å². The average molecular weight is 353 g/mol. The summed E-state index contributed by atoms with van der Waals surface area (Å²) in [6.07, 6.45) is 0. The van der Waals surface area contributed by atoms with Crippen LogP contribution in [0.5, 0.6) is 0 Å². The molecule has 0 atom stereocenters. The number of hydrogen-bond donors (Lipinski definition) is 3. The van der Waals surface area contributed by atoms with Gasteiger partial charge in [0, 0.05) is 5.02 Å². The highest BCUT2D eigenvalue weighted by molar-refractivity contribution is 8.08. The monoisotopic (exact) mass is 352 g/mol. The van der Waals surface area contributed by atoms with Crippen LogP contribution < -0.4 is 16.7 Å². The molecule has 7 nitrogen and oxygen atoms in total. The lowest BCUT2D eigenvalue weighted by molar-refractivity contribution is -0.114. The van der Waals surface area contributed by atoms with E-state index in [-0.39, 0.29) is 4.90 Å². The molecule has 23 heavy (non-hydrogen) atoms. The second-order valence-electron chi connectivity index (χ2n) is 4.33. The van der Waals surface area contributed by atoms with E-state index >= 15 is 0 Å². The zero-order valence-electron chi connectivity index (χ0n) is 11.7. The molecule has 2 aromatic carbocycles. The molecule has 120 valence electrons. The highest BCUT2D eigenvalue weighted by Gasteiger charge is 2.29. The van der Waals surface area contributed by atoms with Gasteiger partial charge in [-0.15, -0.1) is 0 Å². The van der Waals surface area contributed by atoms with Crippen molar-refractivity contribution in [1.29, 1.82) is 0 Å². The summed E-state index contributed by atoms with van der Waals surface area (Å²) in [5, 5.41) is 3.45. The number of hydrazone groups is 1. The highest BCUT2D eigenvalue weighted by atomic mass is 35.5. The number of nitrogens with zero attached hydrogens (tertiary/aromatic N) is 1. The van der Waals surface area contributed by atoms with Gasteiger partial charge in [-0.3, -0.25) is 15.6 Å². The van der Waals surface area contributed by atoms with E-state index in [2.05, 4.69) is 10.5 Å². The Balaban J connectivity index is 2.39. The standard InChI is InChI=1S/C14H13ClN4O3S/c15-10-6-8-11(9-7-10)18-19-14(13(20)17-16)23(21,22)12-4-2-1-3-5-12/h1-9,18H,16H2,(H,17,20)/b19-14-. The Kier molecular flexibility index (Phi) is 5.32. The Labute approximate surface area is 138 Å². The fourth-order valence-corrected chi connectivity index (χ4v) is 2.98. The molecule has 4 N–H and O–H groups in total. The summed E-state index contributed by atoms with van der Waals surface area (Å²) >= 11 is 5.76. The van der Waals surface area contributed by atoms with Gasteiger partial charge in [-0.2, -0.15) is 5.10 Å². The lowest BCUT2D eigenvalue weighted by Crippen LogP contribution is -2.40. The van der Waals surface area contributed by atoms with Crippen molar-refractivity contribution in [2.24, 2.45) is 10.9 Å². The number of anilines is 1. The first-order valence-electron chi connectivity index (χ1n) is 6.35. The first kappa shape index (κ1) is 16.9. The summed E-state index contributed by atoms with van der Waals surface area (Å²) < 4.78 is 25.0. The average Bonchev–Trinajstić information content (AvgIpc) is 2.57. The number of nitrogens with one attached hydrogen (secondary N) is 2. The lowest BCUT2D eigenvalue weighted by atomic mass is 10.3. The molecule has 0 saturated carbocycles. The van der Waals surface area contributed by atoms with Gasteiger partial charge in [-0.1, -0.05) is 29.8 Å². The molecule has 9 heteroatoms. The van der Waals surface area contributed by atoms with Crippen LogP contribution in [0.3, 0.4) is 0 Å². The maximum atomic E-state index is 12.5. The Hall–Kier alpha value is -2.42. The van der Waals surface area contributed by atoms with Gasteiger partial charge in [-0.05, 0) is 36.4 Å². The van der Waals surface area contributed by atoms with E-state index in [0.29, 0.717) is 10.7 Å². The molecule has 0 bridgehead atoms. The minimum Gasteiger partial charge on any atom is -0.288 e. The molecule has 0 saturated heterocycles. The maximum absolute atomic E-state index is 12.5. The van der Waals surface area contributed by atoms with Crippen LogP contribution in [0.2, 0.25) is 5.02 Å². The van der Waals surface area contributed by atoms with Crippen molar-refractivity contribution in [2.45, 2.75) is 4.90 Å². The number of sulfone groups is 1. The lowest BCUT2D eigenvalue weighted by Gasteiger charge is -2.08. The largest absolute Gasteiger partial charge is 0.297 e. The van der Waals surface area contributed by atoms with Gasteiger partial charge in [0.25, 0.3) is 5.91 Å². The summed E-state index contributed by atoms with van der Waals surface area (Å²) in [4.78, 5) is 11.7.